The summed E-state index contributed by atoms with van der Waals surface area (Å²) in [6, 6.07) is 0.539. The van der Waals surface area contributed by atoms with Gasteiger partial charge in [-0.2, -0.15) is 11.8 Å². The van der Waals surface area contributed by atoms with Crippen LogP contribution in [0.2, 0.25) is 0 Å². The Morgan fingerprint density at radius 3 is 2.75 bits per heavy atom. The van der Waals surface area contributed by atoms with E-state index in [1.807, 2.05) is 16.7 Å². The van der Waals surface area contributed by atoms with Crippen molar-refractivity contribution >= 4 is 23.8 Å². The first-order chi connectivity index (χ1) is 9.30. The number of hydrogen-bond donors (Lipinski definition) is 2. The predicted molar refractivity (Wildman–Crippen MR) is 80.0 cm³/mol. The molecule has 6 heteroatoms. The van der Waals surface area contributed by atoms with Gasteiger partial charge in [0.1, 0.15) is 0 Å². The molecule has 0 aromatic heterocycles. The summed E-state index contributed by atoms with van der Waals surface area (Å²) in [5, 5.41) is 12.2. The maximum absolute atomic E-state index is 12.1. The van der Waals surface area contributed by atoms with E-state index in [2.05, 4.69) is 26.1 Å². The fraction of sp³-hybridized carbons (Fsp3) is 0.857. The third-order valence-corrected chi connectivity index (χ3v) is 5.46. The third-order valence-electron chi connectivity index (χ3n) is 3.96. The molecule has 2 rings (SSSR count). The van der Waals surface area contributed by atoms with Gasteiger partial charge >= 0.3 is 12.0 Å². The first kappa shape index (κ1) is 15.5. The molecule has 2 heterocycles. The molecular formula is C14H24N2O3S. The summed E-state index contributed by atoms with van der Waals surface area (Å²) < 4.78 is 0. The second-order valence-corrected chi connectivity index (χ2v) is 7.87. The lowest BCUT2D eigenvalue weighted by atomic mass is 9.97. The van der Waals surface area contributed by atoms with Crippen molar-refractivity contribution in [3.63, 3.8) is 0 Å². The minimum Gasteiger partial charge on any atom is -0.481 e. The molecule has 2 aliphatic rings. The van der Waals surface area contributed by atoms with E-state index in [9.17, 15) is 9.59 Å². The maximum Gasteiger partial charge on any atom is 0.318 e. The highest BCUT2D eigenvalue weighted by Crippen LogP contribution is 2.40. The van der Waals surface area contributed by atoms with Gasteiger partial charge in [0.2, 0.25) is 0 Å². The number of hydrogen-bond acceptors (Lipinski definition) is 3. The molecule has 2 fully saturated rings. The van der Waals surface area contributed by atoms with E-state index in [-0.39, 0.29) is 30.1 Å². The van der Waals surface area contributed by atoms with E-state index >= 15 is 0 Å². The molecule has 0 spiro atoms. The number of unbranched alkanes of at least 4 members (excludes halogenated alkanes) is 1. The summed E-state index contributed by atoms with van der Waals surface area (Å²) in [5.74, 6) is 0.239. The Kier molecular flexibility index (Phi) is 4.52. The molecule has 2 amide bonds. The number of fused-ring (bicyclic) bond motifs is 1. The van der Waals surface area contributed by atoms with Crippen molar-refractivity contribution in [3.8, 4) is 0 Å². The van der Waals surface area contributed by atoms with Crippen LogP contribution >= 0.6 is 11.8 Å². The molecule has 0 saturated carbocycles. The van der Waals surface area contributed by atoms with Gasteiger partial charge in [0.05, 0.1) is 12.1 Å². The number of carboxylic acids is 1. The van der Waals surface area contributed by atoms with Gasteiger partial charge in [0.25, 0.3) is 0 Å². The number of aliphatic carboxylic acids is 1. The number of carboxylic acid groups (broad SMARTS) is 1. The number of nitrogens with one attached hydrogen (secondary N) is 1. The van der Waals surface area contributed by atoms with Crippen LogP contribution in [0.25, 0.3) is 0 Å². The highest BCUT2D eigenvalue weighted by molar-refractivity contribution is 8.00. The third kappa shape index (κ3) is 3.22. The highest BCUT2D eigenvalue weighted by atomic mass is 32.2. The Labute approximate surface area is 124 Å². The van der Waals surface area contributed by atoms with Gasteiger partial charge < -0.3 is 15.3 Å². The van der Waals surface area contributed by atoms with E-state index in [0.717, 1.165) is 25.0 Å². The van der Waals surface area contributed by atoms with Gasteiger partial charge in [-0.05, 0) is 33.6 Å². The standard InChI is InChI=1S/C14H24N2O3S/c1-14(2,3)16-12-9(15-13(16)19)8-20-10(12)6-4-5-7-11(17)18/h9-10,12H,4-8H2,1-3H3,(H,15,19)(H,17,18)/t9-,10-,12-/m1/s1. The average molecular weight is 300 g/mol. The number of amides is 2. The number of nitrogens with zero attached hydrogens (tertiary/aromatic N) is 1. The van der Waals surface area contributed by atoms with Crippen LogP contribution < -0.4 is 5.32 Å². The summed E-state index contributed by atoms with van der Waals surface area (Å²) >= 11 is 1.91. The Hall–Kier alpha value is -0.910. The van der Waals surface area contributed by atoms with Crippen molar-refractivity contribution in [2.75, 3.05) is 5.75 Å². The molecule has 2 saturated heterocycles. The Morgan fingerprint density at radius 2 is 2.15 bits per heavy atom. The van der Waals surface area contributed by atoms with Gasteiger partial charge in [-0.25, -0.2) is 4.79 Å². The van der Waals surface area contributed by atoms with E-state index in [1.54, 1.807) is 0 Å². The molecule has 5 nitrogen and oxygen atoms in total. The summed E-state index contributed by atoms with van der Waals surface area (Å²) in [6.45, 7) is 6.21. The van der Waals surface area contributed by atoms with Gasteiger partial charge in [0.15, 0.2) is 0 Å². The van der Waals surface area contributed by atoms with E-state index < -0.39 is 5.97 Å². The first-order valence-electron chi connectivity index (χ1n) is 7.24. The zero-order valence-electron chi connectivity index (χ0n) is 12.4. The zero-order chi connectivity index (χ0) is 14.9. The quantitative estimate of drug-likeness (QED) is 0.604. The molecule has 3 atom stereocenters. The lowest BCUT2D eigenvalue weighted by Gasteiger charge is -2.38. The summed E-state index contributed by atoms with van der Waals surface area (Å²) in [6.07, 6.45) is 2.87. The second kappa shape index (κ2) is 5.84. The van der Waals surface area contributed by atoms with Crippen molar-refractivity contribution in [2.45, 2.75) is 69.3 Å². The van der Waals surface area contributed by atoms with Crippen molar-refractivity contribution in [1.29, 1.82) is 0 Å². The van der Waals surface area contributed by atoms with Crippen LogP contribution in [-0.4, -0.2) is 50.6 Å². The van der Waals surface area contributed by atoms with Crippen LogP contribution in [0.5, 0.6) is 0 Å². The number of urea groups is 1. The monoisotopic (exact) mass is 300 g/mol. The van der Waals surface area contributed by atoms with Crippen LogP contribution in [-0.2, 0) is 4.79 Å². The maximum atomic E-state index is 12.1. The van der Waals surface area contributed by atoms with E-state index in [0.29, 0.717) is 5.25 Å². The SMILES string of the molecule is CC(C)(C)N1C(=O)N[C@@H]2CS[C@H](CCCCC(=O)O)[C@@H]21. The van der Waals surface area contributed by atoms with Crippen molar-refractivity contribution in [1.82, 2.24) is 10.2 Å². The van der Waals surface area contributed by atoms with Gasteiger partial charge in [-0.3, -0.25) is 4.79 Å². The molecule has 0 aromatic rings. The van der Waals surface area contributed by atoms with Crippen LogP contribution in [0.15, 0.2) is 0 Å². The molecule has 2 N–H and O–H groups in total. The molecule has 0 unspecified atom stereocenters. The minimum atomic E-state index is -0.726. The summed E-state index contributed by atoms with van der Waals surface area (Å²) in [5.41, 5.74) is -0.173. The molecule has 0 aliphatic carbocycles. The van der Waals surface area contributed by atoms with Gasteiger partial charge in [-0.15, -0.1) is 0 Å². The largest absolute Gasteiger partial charge is 0.481 e. The van der Waals surface area contributed by atoms with E-state index in [4.69, 9.17) is 5.11 Å². The number of thioether (sulfide) groups is 1. The topological polar surface area (TPSA) is 69.6 Å². The van der Waals surface area contributed by atoms with Crippen molar-refractivity contribution in [2.24, 2.45) is 0 Å². The molecular weight excluding hydrogens is 276 g/mol. The molecule has 0 radical (unpaired) electrons. The lowest BCUT2D eigenvalue weighted by molar-refractivity contribution is -0.137. The van der Waals surface area contributed by atoms with E-state index in [1.165, 1.54) is 0 Å². The lowest BCUT2D eigenvalue weighted by Crippen LogP contribution is -2.51. The molecule has 0 aromatic carbocycles. The highest BCUT2D eigenvalue weighted by Gasteiger charge is 2.51. The smallest absolute Gasteiger partial charge is 0.318 e. The molecule has 20 heavy (non-hydrogen) atoms. The fourth-order valence-electron chi connectivity index (χ4n) is 3.15. The van der Waals surface area contributed by atoms with Crippen molar-refractivity contribution < 1.29 is 14.7 Å². The Bertz CT molecular complexity index is 394. The van der Waals surface area contributed by atoms with Gasteiger partial charge in [-0.1, -0.05) is 6.42 Å². The molecule has 0 bridgehead atoms. The summed E-state index contributed by atoms with van der Waals surface area (Å²) in [7, 11) is 0. The van der Waals surface area contributed by atoms with Crippen LogP contribution in [0.4, 0.5) is 4.79 Å². The fourth-order valence-corrected chi connectivity index (χ4v) is 4.72. The Balaban J connectivity index is 1.95. The van der Waals surface area contributed by atoms with Crippen molar-refractivity contribution in [3.05, 3.63) is 0 Å². The molecule has 2 aliphatic heterocycles. The zero-order valence-corrected chi connectivity index (χ0v) is 13.2. The van der Waals surface area contributed by atoms with Crippen LogP contribution in [0, 0.1) is 0 Å². The summed E-state index contributed by atoms with van der Waals surface area (Å²) in [4.78, 5) is 24.6. The number of rotatable bonds is 5. The van der Waals surface area contributed by atoms with Gasteiger partial charge in [0, 0.05) is 23.0 Å². The normalized spacial score (nSPS) is 29.4. The number of carbonyl (C=O) groups excluding carboxylic acids is 1. The average Bonchev–Trinajstić information content (AvgIpc) is 2.81. The predicted octanol–water partition coefficient (Wildman–Crippen LogP) is 2.31. The Morgan fingerprint density at radius 1 is 1.45 bits per heavy atom. The second-order valence-electron chi connectivity index (χ2n) is 6.60. The number of carbonyl (C=O) groups is 2. The van der Waals surface area contributed by atoms with Crippen LogP contribution in [0.3, 0.4) is 0 Å². The van der Waals surface area contributed by atoms with Crippen LogP contribution in [0.1, 0.15) is 46.5 Å². The first-order valence-corrected chi connectivity index (χ1v) is 8.29. The minimum absolute atomic E-state index is 0.0448. The molecule has 114 valence electrons.